The Labute approximate surface area is 115 Å². The Morgan fingerprint density at radius 2 is 2.05 bits per heavy atom. The number of thioether (sulfide) groups is 1. The highest BCUT2D eigenvalue weighted by molar-refractivity contribution is 8.00. The Hall–Kier alpha value is -1.69. The van der Waals surface area contributed by atoms with Crippen LogP contribution >= 0.6 is 11.8 Å². The van der Waals surface area contributed by atoms with Crippen LogP contribution in [0.25, 0.3) is 0 Å². The molecule has 0 fully saturated rings. The lowest BCUT2D eigenvalue weighted by molar-refractivity contribution is -0.118. The summed E-state index contributed by atoms with van der Waals surface area (Å²) in [7, 11) is 0. The maximum atomic E-state index is 11.9. The fourth-order valence-electron chi connectivity index (χ4n) is 1.64. The minimum absolute atomic E-state index is 0.0207. The maximum Gasteiger partial charge on any atom is 0.231 e. The van der Waals surface area contributed by atoms with Crippen molar-refractivity contribution in [3.05, 3.63) is 23.8 Å². The van der Waals surface area contributed by atoms with Crippen LogP contribution in [0.15, 0.2) is 18.2 Å². The van der Waals surface area contributed by atoms with Crippen LogP contribution in [0.5, 0.6) is 11.5 Å². The van der Waals surface area contributed by atoms with Gasteiger partial charge in [-0.1, -0.05) is 0 Å². The van der Waals surface area contributed by atoms with Crippen LogP contribution in [0.2, 0.25) is 0 Å². The van der Waals surface area contributed by atoms with Crippen LogP contribution < -0.4 is 14.8 Å². The van der Waals surface area contributed by atoms with E-state index in [0.717, 1.165) is 0 Å². The number of nitrogens with one attached hydrogen (secondary N) is 1. The van der Waals surface area contributed by atoms with E-state index in [9.17, 15) is 9.59 Å². The van der Waals surface area contributed by atoms with Gasteiger partial charge in [-0.05, 0) is 25.1 Å². The summed E-state index contributed by atoms with van der Waals surface area (Å²) in [6.45, 7) is 2.66. The van der Waals surface area contributed by atoms with Gasteiger partial charge in [0.2, 0.25) is 12.7 Å². The molecular weight excluding hydrogens is 266 g/mol. The van der Waals surface area contributed by atoms with Gasteiger partial charge < -0.3 is 14.8 Å². The summed E-state index contributed by atoms with van der Waals surface area (Å²) in [6, 6.07) is 5.11. The third-order valence-corrected chi connectivity index (χ3v) is 3.47. The van der Waals surface area contributed by atoms with Crippen molar-refractivity contribution in [3.63, 3.8) is 0 Å². The number of ketones is 1. The SMILES string of the molecule is CCNC(=O)CSCC(=O)c1ccc2c(c1)OCO2. The summed E-state index contributed by atoms with van der Waals surface area (Å²) < 4.78 is 10.4. The van der Waals surface area contributed by atoms with Crippen LogP contribution in [-0.4, -0.2) is 36.5 Å². The molecule has 102 valence electrons. The van der Waals surface area contributed by atoms with E-state index in [-0.39, 0.29) is 24.2 Å². The molecule has 0 saturated carbocycles. The standard InChI is InChI=1S/C13H15NO4S/c1-2-14-13(16)7-19-6-10(15)9-3-4-11-12(5-9)18-8-17-11/h3-5H,2,6-8H2,1H3,(H,14,16). The molecule has 1 aliphatic rings. The zero-order valence-electron chi connectivity index (χ0n) is 10.6. The van der Waals surface area contributed by atoms with Gasteiger partial charge >= 0.3 is 0 Å². The number of ether oxygens (including phenoxy) is 2. The fourth-order valence-corrected chi connectivity index (χ4v) is 2.38. The number of hydrogen-bond donors (Lipinski definition) is 1. The highest BCUT2D eigenvalue weighted by atomic mass is 32.2. The van der Waals surface area contributed by atoms with Gasteiger partial charge in [-0.3, -0.25) is 9.59 Å². The first kappa shape index (κ1) is 13.7. The molecule has 0 unspecified atom stereocenters. The topological polar surface area (TPSA) is 64.6 Å². The van der Waals surface area contributed by atoms with Crippen molar-refractivity contribution in [1.82, 2.24) is 5.32 Å². The Morgan fingerprint density at radius 3 is 2.84 bits per heavy atom. The molecular formula is C13H15NO4S. The van der Waals surface area contributed by atoms with E-state index in [1.54, 1.807) is 18.2 Å². The lowest BCUT2D eigenvalue weighted by Gasteiger charge is -2.03. The minimum atomic E-state index is -0.0500. The zero-order valence-corrected chi connectivity index (χ0v) is 11.4. The minimum Gasteiger partial charge on any atom is -0.454 e. The second kappa shape index (κ2) is 6.47. The summed E-state index contributed by atoms with van der Waals surface area (Å²) in [5, 5.41) is 2.69. The van der Waals surface area contributed by atoms with Gasteiger partial charge in [0, 0.05) is 12.1 Å². The summed E-state index contributed by atoms with van der Waals surface area (Å²) in [5.74, 6) is 1.76. The molecule has 19 heavy (non-hydrogen) atoms. The second-order valence-electron chi connectivity index (χ2n) is 3.94. The molecule has 6 heteroatoms. The van der Waals surface area contributed by atoms with Crippen molar-refractivity contribution < 1.29 is 19.1 Å². The fraction of sp³-hybridized carbons (Fsp3) is 0.385. The Morgan fingerprint density at radius 1 is 1.26 bits per heavy atom. The summed E-state index contributed by atoms with van der Waals surface area (Å²) in [4.78, 5) is 23.2. The average molecular weight is 281 g/mol. The molecule has 1 amide bonds. The molecule has 1 heterocycles. The van der Waals surface area contributed by atoms with Crippen molar-refractivity contribution in [3.8, 4) is 11.5 Å². The van der Waals surface area contributed by atoms with E-state index < -0.39 is 0 Å². The Kier molecular flexibility index (Phi) is 4.68. The molecule has 1 aromatic rings. The summed E-state index contributed by atoms with van der Waals surface area (Å²) >= 11 is 1.30. The van der Waals surface area contributed by atoms with Gasteiger partial charge in [0.15, 0.2) is 17.3 Å². The Bertz CT molecular complexity index is 490. The van der Waals surface area contributed by atoms with Crippen molar-refractivity contribution in [1.29, 1.82) is 0 Å². The third-order valence-electron chi connectivity index (χ3n) is 2.53. The number of Topliss-reactive ketones (excluding diaryl/α,β-unsaturated/α-hetero) is 1. The smallest absolute Gasteiger partial charge is 0.231 e. The molecule has 1 aliphatic heterocycles. The van der Waals surface area contributed by atoms with Gasteiger partial charge in [-0.15, -0.1) is 11.8 Å². The molecule has 0 bridgehead atoms. The number of amides is 1. The zero-order chi connectivity index (χ0) is 13.7. The van der Waals surface area contributed by atoms with Crippen molar-refractivity contribution >= 4 is 23.5 Å². The molecule has 0 spiro atoms. The van der Waals surface area contributed by atoms with E-state index in [4.69, 9.17) is 9.47 Å². The second-order valence-corrected chi connectivity index (χ2v) is 4.92. The van der Waals surface area contributed by atoms with Gasteiger partial charge in [-0.2, -0.15) is 0 Å². The van der Waals surface area contributed by atoms with E-state index in [2.05, 4.69) is 5.32 Å². The molecule has 0 atom stereocenters. The molecule has 5 nitrogen and oxygen atoms in total. The first-order chi connectivity index (χ1) is 9.20. The quantitative estimate of drug-likeness (QED) is 0.800. The van der Waals surface area contributed by atoms with Gasteiger partial charge in [0.05, 0.1) is 11.5 Å². The number of rotatable bonds is 6. The van der Waals surface area contributed by atoms with Gasteiger partial charge in [-0.25, -0.2) is 0 Å². The number of fused-ring (bicyclic) bond motifs is 1. The number of benzene rings is 1. The average Bonchev–Trinajstić information content (AvgIpc) is 2.86. The van der Waals surface area contributed by atoms with Crippen LogP contribution in [0.3, 0.4) is 0 Å². The molecule has 1 aromatic carbocycles. The molecule has 0 radical (unpaired) electrons. The molecule has 0 aliphatic carbocycles. The molecule has 1 N–H and O–H groups in total. The van der Waals surface area contributed by atoms with Crippen LogP contribution in [0, 0.1) is 0 Å². The van der Waals surface area contributed by atoms with Crippen LogP contribution in [0.4, 0.5) is 0 Å². The lowest BCUT2D eigenvalue weighted by Crippen LogP contribution is -2.24. The van der Waals surface area contributed by atoms with Crippen molar-refractivity contribution in [2.45, 2.75) is 6.92 Å². The normalized spacial score (nSPS) is 12.3. The first-order valence-corrected chi connectivity index (χ1v) is 7.13. The Balaban J connectivity index is 1.85. The number of hydrogen-bond acceptors (Lipinski definition) is 5. The third kappa shape index (κ3) is 3.64. The maximum absolute atomic E-state index is 11.9. The van der Waals surface area contributed by atoms with E-state index in [1.807, 2.05) is 6.92 Å². The number of carbonyl (C=O) groups excluding carboxylic acids is 2. The molecule has 0 aromatic heterocycles. The van der Waals surface area contributed by atoms with Crippen LogP contribution in [0.1, 0.15) is 17.3 Å². The van der Waals surface area contributed by atoms with E-state index in [1.165, 1.54) is 11.8 Å². The van der Waals surface area contributed by atoms with Crippen molar-refractivity contribution in [2.24, 2.45) is 0 Å². The van der Waals surface area contributed by atoms with Gasteiger partial charge in [0.25, 0.3) is 0 Å². The predicted octanol–water partition coefficient (Wildman–Crippen LogP) is 1.47. The number of carbonyl (C=O) groups is 2. The summed E-state index contributed by atoms with van der Waals surface area (Å²) in [5.41, 5.74) is 0.577. The highest BCUT2D eigenvalue weighted by Gasteiger charge is 2.16. The van der Waals surface area contributed by atoms with Gasteiger partial charge in [0.1, 0.15) is 0 Å². The monoisotopic (exact) mass is 281 g/mol. The lowest BCUT2D eigenvalue weighted by atomic mass is 10.1. The summed E-state index contributed by atoms with van der Waals surface area (Å²) in [6.07, 6.45) is 0. The van der Waals surface area contributed by atoms with E-state index >= 15 is 0 Å². The van der Waals surface area contributed by atoms with Crippen LogP contribution in [-0.2, 0) is 4.79 Å². The predicted molar refractivity (Wildman–Crippen MR) is 72.9 cm³/mol. The van der Waals surface area contributed by atoms with Crippen molar-refractivity contribution in [2.75, 3.05) is 24.8 Å². The molecule has 0 saturated heterocycles. The highest BCUT2D eigenvalue weighted by Crippen LogP contribution is 2.32. The largest absolute Gasteiger partial charge is 0.454 e. The first-order valence-electron chi connectivity index (χ1n) is 5.98. The molecule has 2 rings (SSSR count). The van der Waals surface area contributed by atoms with E-state index in [0.29, 0.717) is 29.4 Å².